The first-order chi connectivity index (χ1) is 8.38. The highest BCUT2D eigenvalue weighted by Gasteiger charge is 2.51. The lowest BCUT2D eigenvalue weighted by Crippen LogP contribution is -2.59. The van der Waals surface area contributed by atoms with Crippen LogP contribution in [-0.2, 0) is 0 Å². The summed E-state index contributed by atoms with van der Waals surface area (Å²) in [5.41, 5.74) is 5.82. The first-order valence-corrected chi connectivity index (χ1v) is 7.06. The smallest absolute Gasteiger partial charge is 0.346 e. The molecule has 2 aliphatic rings. The maximum Gasteiger partial charge on any atom is 0.346 e. The Morgan fingerprint density at radius 2 is 2.06 bits per heavy atom. The Labute approximate surface area is 110 Å². The summed E-state index contributed by atoms with van der Waals surface area (Å²) >= 11 is 0. The van der Waals surface area contributed by atoms with Crippen molar-refractivity contribution in [3.05, 3.63) is 0 Å². The predicted molar refractivity (Wildman–Crippen MR) is 73.5 cm³/mol. The number of amidine groups is 1. The molecule has 0 saturated heterocycles. The largest absolute Gasteiger partial charge is 0.385 e. The molecule has 1 aliphatic heterocycles. The summed E-state index contributed by atoms with van der Waals surface area (Å²) in [4.78, 5) is 18.0. The predicted octanol–water partition coefficient (Wildman–Crippen LogP) is 2.77. The standard InChI is InChI=1S/C14H25N3O/c1-9(2)11-6-5-7-14(8-11)12(15)16-13(18)17(14)10(3)4/h9-11H,5-8H2,1-4H3,(H2,15,16,18). The van der Waals surface area contributed by atoms with Gasteiger partial charge in [0.2, 0.25) is 0 Å². The van der Waals surface area contributed by atoms with Gasteiger partial charge < -0.3 is 10.6 Å². The van der Waals surface area contributed by atoms with Crippen LogP contribution < -0.4 is 5.73 Å². The van der Waals surface area contributed by atoms with Crippen LogP contribution >= 0.6 is 0 Å². The first kappa shape index (κ1) is 13.4. The minimum absolute atomic E-state index is 0.146. The number of carbonyl (C=O) groups excluding carboxylic acids is 1. The second-order valence-electron chi connectivity index (χ2n) is 6.38. The number of nitrogens with zero attached hydrogens (tertiary/aromatic N) is 2. The third kappa shape index (κ3) is 1.91. The molecule has 1 spiro atoms. The van der Waals surface area contributed by atoms with Gasteiger partial charge in [-0.15, -0.1) is 0 Å². The van der Waals surface area contributed by atoms with E-state index in [0.717, 1.165) is 19.3 Å². The Kier molecular flexibility index (Phi) is 3.39. The average molecular weight is 251 g/mol. The van der Waals surface area contributed by atoms with Gasteiger partial charge in [-0.05, 0) is 38.5 Å². The van der Waals surface area contributed by atoms with Crippen LogP contribution in [0, 0.1) is 11.8 Å². The van der Waals surface area contributed by atoms with Gasteiger partial charge in [-0.25, -0.2) is 4.79 Å². The number of rotatable bonds is 2. The highest BCUT2D eigenvalue weighted by atomic mass is 16.2. The summed E-state index contributed by atoms with van der Waals surface area (Å²) in [7, 11) is 0. The van der Waals surface area contributed by atoms with Gasteiger partial charge in [0.15, 0.2) is 0 Å². The van der Waals surface area contributed by atoms with E-state index in [2.05, 4.69) is 18.8 Å². The molecule has 2 N–H and O–H groups in total. The van der Waals surface area contributed by atoms with E-state index < -0.39 is 0 Å². The summed E-state index contributed by atoms with van der Waals surface area (Å²) in [6.45, 7) is 8.61. The Morgan fingerprint density at radius 3 is 2.61 bits per heavy atom. The van der Waals surface area contributed by atoms with E-state index in [1.165, 1.54) is 6.42 Å². The lowest BCUT2D eigenvalue weighted by atomic mass is 9.70. The van der Waals surface area contributed by atoms with Crippen molar-refractivity contribution in [1.82, 2.24) is 4.90 Å². The van der Waals surface area contributed by atoms with E-state index in [1.54, 1.807) is 0 Å². The molecule has 18 heavy (non-hydrogen) atoms. The Hall–Kier alpha value is -1.06. The van der Waals surface area contributed by atoms with Gasteiger partial charge in [0.05, 0.1) is 0 Å². The van der Waals surface area contributed by atoms with Crippen LogP contribution in [0.1, 0.15) is 53.4 Å². The Bertz CT molecular complexity index is 375. The second kappa shape index (κ2) is 4.56. The van der Waals surface area contributed by atoms with E-state index >= 15 is 0 Å². The summed E-state index contributed by atoms with van der Waals surface area (Å²) < 4.78 is 0. The highest BCUT2D eigenvalue weighted by molar-refractivity contribution is 6.06. The van der Waals surface area contributed by atoms with E-state index in [9.17, 15) is 4.79 Å². The van der Waals surface area contributed by atoms with Gasteiger partial charge >= 0.3 is 6.03 Å². The van der Waals surface area contributed by atoms with Crippen molar-refractivity contribution in [1.29, 1.82) is 0 Å². The van der Waals surface area contributed by atoms with Gasteiger partial charge in [-0.2, -0.15) is 4.99 Å². The normalized spacial score (nSPS) is 32.8. The van der Waals surface area contributed by atoms with Crippen molar-refractivity contribution in [2.24, 2.45) is 22.6 Å². The highest BCUT2D eigenvalue weighted by Crippen LogP contribution is 2.43. The number of amides is 2. The molecule has 102 valence electrons. The second-order valence-corrected chi connectivity index (χ2v) is 6.38. The average Bonchev–Trinajstić information content (AvgIpc) is 2.50. The molecule has 1 aliphatic carbocycles. The SMILES string of the molecule is CC(C)C1CCCC2(C1)C(N)=NC(=O)N2C(C)C. The molecule has 0 aromatic carbocycles. The fourth-order valence-corrected chi connectivity index (χ4v) is 3.60. The quantitative estimate of drug-likeness (QED) is 0.820. The van der Waals surface area contributed by atoms with Gasteiger partial charge in [0.25, 0.3) is 0 Å². The van der Waals surface area contributed by atoms with Crippen LogP contribution in [0.25, 0.3) is 0 Å². The molecule has 0 aromatic heterocycles. The lowest BCUT2D eigenvalue weighted by Gasteiger charge is -2.46. The van der Waals surface area contributed by atoms with Crippen LogP contribution in [0.5, 0.6) is 0 Å². The van der Waals surface area contributed by atoms with Crippen molar-refractivity contribution < 1.29 is 4.79 Å². The molecule has 2 unspecified atom stereocenters. The van der Waals surface area contributed by atoms with E-state index in [4.69, 9.17) is 5.73 Å². The first-order valence-electron chi connectivity index (χ1n) is 7.06. The van der Waals surface area contributed by atoms with E-state index in [0.29, 0.717) is 17.7 Å². The zero-order chi connectivity index (χ0) is 13.5. The monoisotopic (exact) mass is 251 g/mol. The molecule has 2 atom stereocenters. The molecule has 1 fully saturated rings. The molecule has 2 rings (SSSR count). The van der Waals surface area contributed by atoms with E-state index in [1.807, 2.05) is 18.7 Å². The number of hydrogen-bond donors (Lipinski definition) is 1. The lowest BCUT2D eigenvalue weighted by molar-refractivity contribution is 0.0861. The molecule has 1 saturated carbocycles. The van der Waals surface area contributed by atoms with Crippen molar-refractivity contribution in [3.63, 3.8) is 0 Å². The van der Waals surface area contributed by atoms with Crippen LogP contribution in [-0.4, -0.2) is 28.3 Å². The van der Waals surface area contributed by atoms with Crippen LogP contribution in [0.3, 0.4) is 0 Å². The number of nitrogens with two attached hydrogens (primary N) is 1. The fraction of sp³-hybridized carbons (Fsp3) is 0.857. The Balaban J connectivity index is 2.32. The zero-order valence-corrected chi connectivity index (χ0v) is 11.9. The van der Waals surface area contributed by atoms with Crippen molar-refractivity contribution in [2.45, 2.75) is 65.0 Å². The van der Waals surface area contributed by atoms with Gasteiger partial charge in [-0.3, -0.25) is 0 Å². The molecule has 1 heterocycles. The number of carbonyl (C=O) groups is 1. The molecule has 2 amide bonds. The van der Waals surface area contributed by atoms with Crippen molar-refractivity contribution in [2.75, 3.05) is 0 Å². The van der Waals surface area contributed by atoms with Crippen molar-refractivity contribution in [3.8, 4) is 0 Å². The molecular weight excluding hydrogens is 226 g/mol. The fourth-order valence-electron chi connectivity index (χ4n) is 3.60. The third-order valence-electron chi connectivity index (χ3n) is 4.58. The van der Waals surface area contributed by atoms with Gasteiger partial charge in [0, 0.05) is 6.04 Å². The topological polar surface area (TPSA) is 58.7 Å². The van der Waals surface area contributed by atoms with Crippen LogP contribution in [0.15, 0.2) is 4.99 Å². The van der Waals surface area contributed by atoms with E-state index in [-0.39, 0.29) is 17.6 Å². The summed E-state index contributed by atoms with van der Waals surface area (Å²) in [5.74, 6) is 1.82. The van der Waals surface area contributed by atoms with Crippen LogP contribution in [0.4, 0.5) is 4.79 Å². The van der Waals surface area contributed by atoms with Gasteiger partial charge in [0.1, 0.15) is 11.4 Å². The molecule has 0 aromatic rings. The molecule has 4 nitrogen and oxygen atoms in total. The molecule has 0 bridgehead atoms. The molecule has 0 radical (unpaired) electrons. The minimum atomic E-state index is -0.293. The maximum absolute atomic E-state index is 12.0. The number of hydrogen-bond acceptors (Lipinski definition) is 2. The van der Waals surface area contributed by atoms with Gasteiger partial charge in [-0.1, -0.05) is 26.7 Å². The van der Waals surface area contributed by atoms with Crippen molar-refractivity contribution >= 4 is 11.9 Å². The maximum atomic E-state index is 12.0. The number of aliphatic imine (C=N–C) groups is 1. The molecular formula is C14H25N3O. The Morgan fingerprint density at radius 1 is 1.39 bits per heavy atom. The van der Waals surface area contributed by atoms with Crippen LogP contribution in [0.2, 0.25) is 0 Å². The number of urea groups is 1. The summed E-state index contributed by atoms with van der Waals surface area (Å²) in [5, 5.41) is 0. The summed E-state index contributed by atoms with van der Waals surface area (Å²) in [6.07, 6.45) is 4.32. The third-order valence-corrected chi connectivity index (χ3v) is 4.58. The minimum Gasteiger partial charge on any atom is -0.385 e. The summed E-state index contributed by atoms with van der Waals surface area (Å²) in [6, 6.07) is 0.0140. The molecule has 4 heteroatoms. The zero-order valence-electron chi connectivity index (χ0n) is 11.9.